The zero-order valence-electron chi connectivity index (χ0n) is 10.9. The average molecular weight is 283 g/mol. The van der Waals surface area contributed by atoms with Gasteiger partial charge in [0.15, 0.2) is 5.82 Å². The first kappa shape index (κ1) is 14.1. The highest BCUT2D eigenvalue weighted by Crippen LogP contribution is 2.24. The number of nitrogens with two attached hydrogens (primary N) is 1. The number of pyridine rings is 1. The van der Waals surface area contributed by atoms with E-state index in [4.69, 9.17) is 17.4 Å². The maximum Gasteiger partial charge on any atom is 0.253 e. The fraction of sp³-hybridized carbons (Fsp3) is 0.538. The summed E-state index contributed by atoms with van der Waals surface area (Å²) < 4.78 is 0. The number of halogens is 1. The summed E-state index contributed by atoms with van der Waals surface area (Å²) in [6, 6.07) is 1.82. The SMILES string of the molecule is CC1CCCCC1NC(=O)c1cnc(NN)c(Cl)c1. The highest BCUT2D eigenvalue weighted by Gasteiger charge is 2.23. The third-order valence-electron chi connectivity index (χ3n) is 3.67. The first-order valence-electron chi connectivity index (χ1n) is 6.55. The van der Waals surface area contributed by atoms with Gasteiger partial charge >= 0.3 is 0 Å². The smallest absolute Gasteiger partial charge is 0.253 e. The molecule has 2 rings (SSSR count). The molecule has 1 aromatic rings. The van der Waals surface area contributed by atoms with Crippen molar-refractivity contribution in [1.29, 1.82) is 0 Å². The van der Waals surface area contributed by atoms with Crippen molar-refractivity contribution < 1.29 is 4.79 Å². The van der Waals surface area contributed by atoms with E-state index in [0.29, 0.717) is 22.3 Å². The number of nitrogens with one attached hydrogen (secondary N) is 2. The van der Waals surface area contributed by atoms with Crippen LogP contribution in [0.4, 0.5) is 5.82 Å². The lowest BCUT2D eigenvalue weighted by Crippen LogP contribution is -2.41. The van der Waals surface area contributed by atoms with Crippen molar-refractivity contribution in [3.63, 3.8) is 0 Å². The molecule has 2 unspecified atom stereocenters. The van der Waals surface area contributed by atoms with Crippen LogP contribution in [0, 0.1) is 5.92 Å². The van der Waals surface area contributed by atoms with Crippen LogP contribution in [0.15, 0.2) is 12.3 Å². The number of carbonyl (C=O) groups is 1. The van der Waals surface area contributed by atoms with Gasteiger partial charge in [0.2, 0.25) is 0 Å². The lowest BCUT2D eigenvalue weighted by atomic mass is 9.86. The van der Waals surface area contributed by atoms with E-state index < -0.39 is 0 Å². The van der Waals surface area contributed by atoms with E-state index in [-0.39, 0.29) is 11.9 Å². The van der Waals surface area contributed by atoms with Crippen LogP contribution in [-0.4, -0.2) is 16.9 Å². The van der Waals surface area contributed by atoms with Crippen LogP contribution < -0.4 is 16.6 Å². The minimum absolute atomic E-state index is 0.128. The van der Waals surface area contributed by atoms with Gasteiger partial charge in [0, 0.05) is 12.2 Å². The molecule has 2 atom stereocenters. The number of nitrogen functional groups attached to an aromatic ring is 1. The van der Waals surface area contributed by atoms with E-state index >= 15 is 0 Å². The number of anilines is 1. The summed E-state index contributed by atoms with van der Waals surface area (Å²) in [4.78, 5) is 16.1. The van der Waals surface area contributed by atoms with Crippen molar-refractivity contribution in [2.24, 2.45) is 11.8 Å². The van der Waals surface area contributed by atoms with Crippen molar-refractivity contribution in [3.8, 4) is 0 Å². The van der Waals surface area contributed by atoms with Gasteiger partial charge in [-0.15, -0.1) is 0 Å². The molecule has 1 aliphatic carbocycles. The van der Waals surface area contributed by atoms with Crippen LogP contribution in [0.3, 0.4) is 0 Å². The van der Waals surface area contributed by atoms with Crippen molar-refractivity contribution in [3.05, 3.63) is 22.8 Å². The van der Waals surface area contributed by atoms with Gasteiger partial charge in [0.25, 0.3) is 5.91 Å². The molecule has 0 saturated heterocycles. The van der Waals surface area contributed by atoms with Crippen LogP contribution in [0.25, 0.3) is 0 Å². The van der Waals surface area contributed by atoms with Gasteiger partial charge in [-0.3, -0.25) is 4.79 Å². The van der Waals surface area contributed by atoms with Gasteiger partial charge in [-0.1, -0.05) is 31.4 Å². The summed E-state index contributed by atoms with van der Waals surface area (Å²) in [7, 11) is 0. The molecule has 6 heteroatoms. The molecule has 5 nitrogen and oxygen atoms in total. The Kier molecular flexibility index (Phi) is 4.61. The number of hydrogen-bond donors (Lipinski definition) is 3. The maximum atomic E-state index is 12.1. The van der Waals surface area contributed by atoms with E-state index in [1.807, 2.05) is 0 Å². The monoisotopic (exact) mass is 282 g/mol. The zero-order chi connectivity index (χ0) is 13.8. The summed E-state index contributed by atoms with van der Waals surface area (Å²) in [6.07, 6.45) is 6.10. The second kappa shape index (κ2) is 6.21. The Morgan fingerprint density at radius 1 is 1.47 bits per heavy atom. The number of aromatic nitrogens is 1. The molecule has 19 heavy (non-hydrogen) atoms. The summed E-state index contributed by atoms with van der Waals surface area (Å²) >= 11 is 5.96. The number of amides is 1. The van der Waals surface area contributed by atoms with Crippen molar-refractivity contribution in [2.75, 3.05) is 5.43 Å². The number of nitrogens with zero attached hydrogens (tertiary/aromatic N) is 1. The number of hydrogen-bond acceptors (Lipinski definition) is 4. The molecule has 4 N–H and O–H groups in total. The van der Waals surface area contributed by atoms with Crippen molar-refractivity contribution in [2.45, 2.75) is 38.6 Å². The Labute approximate surface area is 117 Å². The zero-order valence-corrected chi connectivity index (χ0v) is 11.7. The fourth-order valence-corrected chi connectivity index (χ4v) is 2.67. The summed E-state index contributed by atoms with van der Waals surface area (Å²) in [5.41, 5.74) is 2.84. The molecule has 0 radical (unpaired) electrons. The average Bonchev–Trinajstić information content (AvgIpc) is 2.41. The molecule has 1 aliphatic rings. The second-order valence-electron chi connectivity index (χ2n) is 5.04. The fourth-order valence-electron chi connectivity index (χ4n) is 2.45. The molecule has 1 amide bonds. The van der Waals surface area contributed by atoms with E-state index in [9.17, 15) is 4.79 Å². The highest BCUT2D eigenvalue weighted by molar-refractivity contribution is 6.33. The molecule has 0 bridgehead atoms. The molecular weight excluding hydrogens is 264 g/mol. The minimum atomic E-state index is -0.128. The van der Waals surface area contributed by atoms with E-state index in [0.717, 1.165) is 6.42 Å². The maximum absolute atomic E-state index is 12.1. The van der Waals surface area contributed by atoms with Gasteiger partial charge in [0.1, 0.15) is 0 Å². The topological polar surface area (TPSA) is 80.0 Å². The molecule has 0 aromatic carbocycles. The van der Waals surface area contributed by atoms with Gasteiger partial charge < -0.3 is 10.7 Å². The van der Waals surface area contributed by atoms with Crippen LogP contribution in [0.2, 0.25) is 5.02 Å². The lowest BCUT2D eigenvalue weighted by Gasteiger charge is -2.29. The van der Waals surface area contributed by atoms with Crippen LogP contribution in [0.5, 0.6) is 0 Å². The Morgan fingerprint density at radius 3 is 2.84 bits per heavy atom. The number of hydrazine groups is 1. The Morgan fingerprint density at radius 2 is 2.21 bits per heavy atom. The van der Waals surface area contributed by atoms with E-state index in [1.54, 1.807) is 6.07 Å². The third kappa shape index (κ3) is 3.36. The molecular formula is C13H19ClN4O. The van der Waals surface area contributed by atoms with Gasteiger partial charge in [-0.05, 0) is 24.8 Å². The van der Waals surface area contributed by atoms with Gasteiger partial charge in [0.05, 0.1) is 10.6 Å². The molecule has 1 heterocycles. The summed E-state index contributed by atoms with van der Waals surface area (Å²) in [5, 5.41) is 3.40. The number of carbonyl (C=O) groups excluding carboxylic acids is 1. The van der Waals surface area contributed by atoms with Crippen LogP contribution in [-0.2, 0) is 0 Å². The van der Waals surface area contributed by atoms with Gasteiger partial charge in [-0.2, -0.15) is 0 Å². The molecule has 104 valence electrons. The predicted octanol–water partition coefficient (Wildman–Crippen LogP) is 2.33. The van der Waals surface area contributed by atoms with Crippen LogP contribution >= 0.6 is 11.6 Å². The van der Waals surface area contributed by atoms with Crippen molar-refractivity contribution in [1.82, 2.24) is 10.3 Å². The van der Waals surface area contributed by atoms with Gasteiger partial charge in [-0.25, -0.2) is 10.8 Å². The first-order chi connectivity index (χ1) is 9.11. The highest BCUT2D eigenvalue weighted by atomic mass is 35.5. The standard InChI is InChI=1S/C13H19ClN4O/c1-8-4-2-3-5-11(8)17-13(19)9-6-10(14)12(18-15)16-7-9/h6-8,11H,2-5,15H2,1H3,(H,16,18)(H,17,19). The second-order valence-corrected chi connectivity index (χ2v) is 5.45. The predicted molar refractivity (Wildman–Crippen MR) is 75.9 cm³/mol. The Hall–Kier alpha value is -1.33. The molecule has 1 saturated carbocycles. The minimum Gasteiger partial charge on any atom is -0.349 e. The molecule has 1 aromatic heterocycles. The molecule has 0 spiro atoms. The summed E-state index contributed by atoms with van der Waals surface area (Å²) in [6.45, 7) is 2.18. The van der Waals surface area contributed by atoms with E-state index in [2.05, 4.69) is 22.7 Å². The largest absolute Gasteiger partial charge is 0.349 e. The quantitative estimate of drug-likeness (QED) is 0.587. The Bertz CT molecular complexity index is 466. The van der Waals surface area contributed by atoms with E-state index in [1.165, 1.54) is 25.5 Å². The Balaban J connectivity index is 2.05. The summed E-state index contributed by atoms with van der Waals surface area (Å²) in [5.74, 6) is 6.00. The number of rotatable bonds is 3. The van der Waals surface area contributed by atoms with Crippen molar-refractivity contribution >= 4 is 23.3 Å². The molecule has 0 aliphatic heterocycles. The van der Waals surface area contributed by atoms with Crippen LogP contribution in [0.1, 0.15) is 43.0 Å². The molecule has 1 fully saturated rings. The lowest BCUT2D eigenvalue weighted by molar-refractivity contribution is 0.0910. The first-order valence-corrected chi connectivity index (χ1v) is 6.92. The normalized spacial score (nSPS) is 22.9. The third-order valence-corrected chi connectivity index (χ3v) is 3.96.